The van der Waals surface area contributed by atoms with Crippen molar-refractivity contribution in [1.29, 1.82) is 0 Å². The third-order valence-corrected chi connectivity index (χ3v) is 2.36. The van der Waals surface area contributed by atoms with E-state index in [2.05, 4.69) is 30.9 Å². The Morgan fingerprint density at radius 2 is 2.33 bits per heavy atom. The van der Waals surface area contributed by atoms with Crippen molar-refractivity contribution >= 4 is 38.6 Å². The van der Waals surface area contributed by atoms with Crippen molar-refractivity contribution in [2.45, 2.75) is 5.88 Å². The number of aromatic amines is 1. The molecule has 2 heterocycles. The van der Waals surface area contributed by atoms with Crippen LogP contribution in [0.1, 0.15) is 5.82 Å². The molecule has 0 aliphatic rings. The number of hydrogen-bond donors (Lipinski definition) is 1. The fourth-order valence-electron chi connectivity index (χ4n) is 1.01. The van der Waals surface area contributed by atoms with E-state index in [0.717, 1.165) is 21.3 Å². The molecule has 12 heavy (non-hydrogen) atoms. The molecule has 62 valence electrons. The van der Waals surface area contributed by atoms with E-state index in [1.165, 1.54) is 0 Å². The summed E-state index contributed by atoms with van der Waals surface area (Å²) < 4.78 is 0.882. The molecule has 2 aromatic heterocycles. The van der Waals surface area contributed by atoms with Gasteiger partial charge in [0, 0.05) is 6.20 Å². The third kappa shape index (κ3) is 1.21. The number of rotatable bonds is 1. The highest BCUT2D eigenvalue weighted by Gasteiger charge is 2.04. The fourth-order valence-corrected chi connectivity index (χ4v) is 1.56. The number of imidazole rings is 1. The van der Waals surface area contributed by atoms with Crippen LogP contribution in [-0.2, 0) is 5.88 Å². The van der Waals surface area contributed by atoms with Crippen LogP contribution in [0.15, 0.2) is 16.9 Å². The van der Waals surface area contributed by atoms with Gasteiger partial charge in [-0.2, -0.15) is 0 Å². The summed E-state index contributed by atoms with van der Waals surface area (Å²) in [6.07, 6.45) is 3.43. The van der Waals surface area contributed by atoms with Gasteiger partial charge in [0.1, 0.15) is 11.3 Å². The van der Waals surface area contributed by atoms with Crippen molar-refractivity contribution in [2.75, 3.05) is 0 Å². The van der Waals surface area contributed by atoms with E-state index in [1.807, 2.05) is 0 Å². The largest absolute Gasteiger partial charge is 0.340 e. The van der Waals surface area contributed by atoms with Crippen LogP contribution in [0, 0.1) is 0 Å². The maximum absolute atomic E-state index is 5.62. The third-order valence-electron chi connectivity index (χ3n) is 1.53. The second-order valence-corrected chi connectivity index (χ2v) is 3.46. The number of nitrogens with one attached hydrogen (secondary N) is 1. The van der Waals surface area contributed by atoms with Crippen LogP contribution in [0.25, 0.3) is 11.0 Å². The molecule has 0 amide bonds. The van der Waals surface area contributed by atoms with E-state index < -0.39 is 0 Å². The Hall–Kier alpha value is -0.610. The number of H-pyrrole nitrogens is 1. The Bertz CT molecular complexity index is 412. The molecule has 0 bridgehead atoms. The number of nitrogens with zero attached hydrogens (tertiary/aromatic N) is 2. The van der Waals surface area contributed by atoms with Crippen LogP contribution in [0.5, 0.6) is 0 Å². The normalized spacial score (nSPS) is 10.8. The first-order valence-corrected chi connectivity index (χ1v) is 4.68. The lowest BCUT2D eigenvalue weighted by Crippen LogP contribution is -1.77. The molecule has 0 saturated carbocycles. The standard InChI is InChI=1S/C7H5BrClN3/c8-4-2-10-3-5-7(4)12-6(1-9)11-5/h2-3H,1H2,(H,11,12). The molecule has 0 saturated heterocycles. The van der Waals surface area contributed by atoms with E-state index in [0.29, 0.717) is 5.88 Å². The maximum Gasteiger partial charge on any atom is 0.122 e. The summed E-state index contributed by atoms with van der Waals surface area (Å²) in [5, 5.41) is 0. The number of halogens is 2. The Kier molecular flexibility index (Phi) is 2.02. The lowest BCUT2D eigenvalue weighted by atomic mass is 10.4. The van der Waals surface area contributed by atoms with E-state index in [-0.39, 0.29) is 0 Å². The molecule has 3 nitrogen and oxygen atoms in total. The van der Waals surface area contributed by atoms with Crippen LogP contribution >= 0.6 is 27.5 Å². The van der Waals surface area contributed by atoms with Crippen molar-refractivity contribution in [3.05, 3.63) is 22.7 Å². The van der Waals surface area contributed by atoms with Crippen LogP contribution in [0.3, 0.4) is 0 Å². The Labute approximate surface area is 82.3 Å². The summed E-state index contributed by atoms with van der Waals surface area (Å²) in [5.41, 5.74) is 1.78. The predicted molar refractivity (Wildman–Crippen MR) is 51.1 cm³/mol. The van der Waals surface area contributed by atoms with Gasteiger partial charge >= 0.3 is 0 Å². The zero-order valence-electron chi connectivity index (χ0n) is 6.01. The summed E-state index contributed by atoms with van der Waals surface area (Å²) >= 11 is 8.97. The first kappa shape index (κ1) is 8.01. The van der Waals surface area contributed by atoms with Gasteiger partial charge in [-0.25, -0.2) is 4.98 Å². The molecule has 0 aromatic carbocycles. The SMILES string of the molecule is ClCc1nc2c(Br)cncc2[nH]1. The first-order valence-electron chi connectivity index (χ1n) is 3.35. The molecule has 2 rings (SSSR count). The van der Waals surface area contributed by atoms with Crippen molar-refractivity contribution in [3.8, 4) is 0 Å². The predicted octanol–water partition coefficient (Wildman–Crippen LogP) is 2.46. The molecule has 0 unspecified atom stereocenters. The zero-order valence-corrected chi connectivity index (χ0v) is 8.35. The van der Waals surface area contributed by atoms with E-state index >= 15 is 0 Å². The van der Waals surface area contributed by atoms with Crippen LogP contribution in [0.4, 0.5) is 0 Å². The molecular formula is C7H5BrClN3. The molecular weight excluding hydrogens is 241 g/mol. The average Bonchev–Trinajstić information content (AvgIpc) is 2.49. The highest BCUT2D eigenvalue weighted by atomic mass is 79.9. The Balaban J connectivity index is 2.74. The molecule has 0 aliphatic carbocycles. The lowest BCUT2D eigenvalue weighted by molar-refractivity contribution is 1.13. The molecule has 2 aromatic rings. The molecule has 1 N–H and O–H groups in total. The van der Waals surface area contributed by atoms with Gasteiger partial charge < -0.3 is 4.98 Å². The molecule has 0 fully saturated rings. The van der Waals surface area contributed by atoms with Gasteiger partial charge in [-0.15, -0.1) is 11.6 Å². The van der Waals surface area contributed by atoms with Gasteiger partial charge in [-0.05, 0) is 15.9 Å². The monoisotopic (exact) mass is 245 g/mol. The van der Waals surface area contributed by atoms with Crippen molar-refractivity contribution in [2.24, 2.45) is 0 Å². The topological polar surface area (TPSA) is 41.6 Å². The second kappa shape index (κ2) is 3.03. The number of alkyl halides is 1. The summed E-state index contributed by atoms with van der Waals surface area (Å²) in [4.78, 5) is 11.3. The summed E-state index contributed by atoms with van der Waals surface area (Å²) in [5.74, 6) is 1.15. The average molecular weight is 246 g/mol. The van der Waals surface area contributed by atoms with E-state index in [9.17, 15) is 0 Å². The number of aromatic nitrogens is 3. The Morgan fingerprint density at radius 3 is 3.00 bits per heavy atom. The van der Waals surface area contributed by atoms with Crippen molar-refractivity contribution < 1.29 is 0 Å². The fraction of sp³-hybridized carbons (Fsp3) is 0.143. The molecule has 5 heteroatoms. The number of hydrogen-bond acceptors (Lipinski definition) is 2. The zero-order chi connectivity index (χ0) is 8.55. The minimum absolute atomic E-state index is 0.390. The van der Waals surface area contributed by atoms with Gasteiger partial charge in [0.15, 0.2) is 0 Å². The van der Waals surface area contributed by atoms with Crippen LogP contribution in [-0.4, -0.2) is 15.0 Å². The van der Waals surface area contributed by atoms with Crippen molar-refractivity contribution in [3.63, 3.8) is 0 Å². The highest BCUT2D eigenvalue weighted by Crippen LogP contribution is 2.20. The first-order chi connectivity index (χ1) is 5.81. The highest BCUT2D eigenvalue weighted by molar-refractivity contribution is 9.10. The van der Waals surface area contributed by atoms with Crippen LogP contribution < -0.4 is 0 Å². The minimum Gasteiger partial charge on any atom is -0.340 e. The Morgan fingerprint density at radius 1 is 1.50 bits per heavy atom. The van der Waals surface area contributed by atoms with Gasteiger partial charge in [-0.1, -0.05) is 0 Å². The molecule has 0 aliphatic heterocycles. The van der Waals surface area contributed by atoms with Crippen LogP contribution in [0.2, 0.25) is 0 Å². The van der Waals surface area contributed by atoms with E-state index in [4.69, 9.17) is 11.6 Å². The van der Waals surface area contributed by atoms with E-state index in [1.54, 1.807) is 12.4 Å². The quantitative estimate of drug-likeness (QED) is 0.785. The van der Waals surface area contributed by atoms with Crippen molar-refractivity contribution in [1.82, 2.24) is 15.0 Å². The smallest absolute Gasteiger partial charge is 0.122 e. The number of pyridine rings is 1. The van der Waals surface area contributed by atoms with Gasteiger partial charge in [0.25, 0.3) is 0 Å². The maximum atomic E-state index is 5.62. The summed E-state index contributed by atoms with van der Waals surface area (Å²) in [7, 11) is 0. The minimum atomic E-state index is 0.390. The summed E-state index contributed by atoms with van der Waals surface area (Å²) in [6, 6.07) is 0. The molecule has 0 spiro atoms. The molecule has 0 atom stereocenters. The van der Waals surface area contributed by atoms with Gasteiger partial charge in [0.2, 0.25) is 0 Å². The molecule has 0 radical (unpaired) electrons. The second-order valence-electron chi connectivity index (χ2n) is 2.33. The lowest BCUT2D eigenvalue weighted by Gasteiger charge is -1.87. The number of fused-ring (bicyclic) bond motifs is 1. The van der Waals surface area contributed by atoms with Gasteiger partial charge in [0.05, 0.1) is 22.1 Å². The van der Waals surface area contributed by atoms with Gasteiger partial charge in [-0.3, -0.25) is 4.98 Å². The summed E-state index contributed by atoms with van der Waals surface area (Å²) in [6.45, 7) is 0.